The van der Waals surface area contributed by atoms with Gasteiger partial charge in [-0.2, -0.15) is 0 Å². The Kier molecular flexibility index (Phi) is 4.98. The Morgan fingerprint density at radius 3 is 2.44 bits per heavy atom. The summed E-state index contributed by atoms with van der Waals surface area (Å²) in [7, 11) is 0. The Balaban J connectivity index is 2.01. The molecule has 0 aliphatic rings. The lowest BCUT2D eigenvalue weighted by Gasteiger charge is -2.13. The zero-order valence-electron chi connectivity index (χ0n) is 9.94. The smallest absolute Gasteiger partial charge is 0.0207 e. The van der Waals surface area contributed by atoms with E-state index in [1.165, 1.54) is 11.1 Å². The van der Waals surface area contributed by atoms with E-state index in [2.05, 4.69) is 56.1 Å². The number of hydrogen-bond acceptors (Lipinski definition) is 1. The molecule has 1 atom stereocenters. The molecule has 0 fully saturated rings. The molecule has 0 bridgehead atoms. The molecule has 0 heterocycles. The molecule has 0 saturated heterocycles. The van der Waals surface area contributed by atoms with Gasteiger partial charge in [0.05, 0.1) is 0 Å². The first kappa shape index (κ1) is 13.8. The first-order chi connectivity index (χ1) is 8.65. The molecular formula is C15H15Br2N. The van der Waals surface area contributed by atoms with Gasteiger partial charge >= 0.3 is 0 Å². The molecule has 2 N–H and O–H groups in total. The van der Waals surface area contributed by atoms with Crippen molar-refractivity contribution in [3.63, 3.8) is 0 Å². The van der Waals surface area contributed by atoms with Crippen molar-refractivity contribution in [1.29, 1.82) is 0 Å². The van der Waals surface area contributed by atoms with Gasteiger partial charge in [0, 0.05) is 15.0 Å². The topological polar surface area (TPSA) is 26.0 Å². The molecule has 2 rings (SSSR count). The summed E-state index contributed by atoms with van der Waals surface area (Å²) < 4.78 is 2.24. The van der Waals surface area contributed by atoms with Crippen LogP contribution in [0, 0.1) is 0 Å². The Labute approximate surface area is 125 Å². The van der Waals surface area contributed by atoms with Crippen molar-refractivity contribution in [2.45, 2.75) is 18.9 Å². The van der Waals surface area contributed by atoms with Crippen LogP contribution in [-0.2, 0) is 12.8 Å². The van der Waals surface area contributed by atoms with E-state index in [0.717, 1.165) is 21.8 Å². The van der Waals surface area contributed by atoms with Gasteiger partial charge in [-0.05, 0) is 42.2 Å². The largest absolute Gasteiger partial charge is 0.327 e. The highest BCUT2D eigenvalue weighted by Crippen LogP contribution is 2.19. The van der Waals surface area contributed by atoms with Crippen LogP contribution in [0.1, 0.15) is 11.1 Å². The third kappa shape index (κ3) is 3.94. The molecule has 2 aromatic carbocycles. The fourth-order valence-corrected chi connectivity index (χ4v) is 2.88. The molecule has 2 aromatic rings. The zero-order chi connectivity index (χ0) is 13.0. The predicted molar refractivity (Wildman–Crippen MR) is 83.7 cm³/mol. The van der Waals surface area contributed by atoms with Gasteiger partial charge in [-0.15, -0.1) is 0 Å². The first-order valence-corrected chi connectivity index (χ1v) is 7.47. The lowest BCUT2D eigenvalue weighted by molar-refractivity contribution is 0.663. The Hall–Kier alpha value is -0.640. The summed E-state index contributed by atoms with van der Waals surface area (Å²) in [6.45, 7) is 0. The molecule has 0 radical (unpaired) electrons. The summed E-state index contributed by atoms with van der Waals surface area (Å²) in [5.41, 5.74) is 8.75. The molecule has 1 unspecified atom stereocenters. The van der Waals surface area contributed by atoms with E-state index in [9.17, 15) is 0 Å². The SMILES string of the molecule is NC(Cc1cccc(Br)c1)Cc1ccccc1Br. The van der Waals surface area contributed by atoms with Crippen LogP contribution in [-0.4, -0.2) is 6.04 Å². The van der Waals surface area contributed by atoms with Crippen molar-refractivity contribution in [3.05, 3.63) is 68.6 Å². The van der Waals surface area contributed by atoms with Gasteiger partial charge in [0.2, 0.25) is 0 Å². The summed E-state index contributed by atoms with van der Waals surface area (Å²) in [5.74, 6) is 0. The Morgan fingerprint density at radius 1 is 0.944 bits per heavy atom. The van der Waals surface area contributed by atoms with Crippen LogP contribution in [0.5, 0.6) is 0 Å². The first-order valence-electron chi connectivity index (χ1n) is 5.88. The van der Waals surface area contributed by atoms with E-state index >= 15 is 0 Å². The minimum absolute atomic E-state index is 0.137. The molecule has 0 aliphatic carbocycles. The van der Waals surface area contributed by atoms with Crippen molar-refractivity contribution in [3.8, 4) is 0 Å². The Bertz CT molecular complexity index is 525. The van der Waals surface area contributed by atoms with Gasteiger partial charge in [0.1, 0.15) is 0 Å². The van der Waals surface area contributed by atoms with Crippen molar-refractivity contribution >= 4 is 31.9 Å². The summed E-state index contributed by atoms with van der Waals surface area (Å²) in [6.07, 6.45) is 1.77. The van der Waals surface area contributed by atoms with Gasteiger partial charge < -0.3 is 5.73 Å². The summed E-state index contributed by atoms with van der Waals surface area (Å²) >= 11 is 7.04. The van der Waals surface area contributed by atoms with E-state index < -0.39 is 0 Å². The molecule has 1 nitrogen and oxygen atoms in total. The number of halogens is 2. The molecule has 0 amide bonds. The maximum Gasteiger partial charge on any atom is 0.0207 e. The summed E-state index contributed by atoms with van der Waals surface area (Å²) in [4.78, 5) is 0. The van der Waals surface area contributed by atoms with Crippen molar-refractivity contribution < 1.29 is 0 Å². The van der Waals surface area contributed by atoms with Crippen molar-refractivity contribution in [2.24, 2.45) is 5.73 Å². The number of nitrogens with two attached hydrogens (primary N) is 1. The highest BCUT2D eigenvalue weighted by Gasteiger charge is 2.08. The zero-order valence-corrected chi connectivity index (χ0v) is 13.1. The third-order valence-corrected chi connectivity index (χ3v) is 4.09. The van der Waals surface area contributed by atoms with Crippen LogP contribution in [0.3, 0.4) is 0 Å². The molecule has 0 aliphatic heterocycles. The van der Waals surface area contributed by atoms with E-state index in [1.54, 1.807) is 0 Å². The second kappa shape index (κ2) is 6.50. The maximum absolute atomic E-state index is 6.22. The monoisotopic (exact) mass is 367 g/mol. The second-order valence-corrected chi connectivity index (χ2v) is 6.16. The van der Waals surface area contributed by atoms with Crippen LogP contribution in [0.25, 0.3) is 0 Å². The fraction of sp³-hybridized carbons (Fsp3) is 0.200. The standard InChI is InChI=1S/C15H15Br2N/c16-13-6-3-4-11(8-13)9-14(18)10-12-5-1-2-7-15(12)17/h1-8,14H,9-10,18H2. The second-order valence-electron chi connectivity index (χ2n) is 4.39. The van der Waals surface area contributed by atoms with E-state index in [0.29, 0.717) is 0 Å². The molecule has 0 spiro atoms. The number of hydrogen-bond donors (Lipinski definition) is 1. The molecule has 0 aromatic heterocycles. The molecule has 18 heavy (non-hydrogen) atoms. The van der Waals surface area contributed by atoms with Crippen LogP contribution in [0.2, 0.25) is 0 Å². The fourth-order valence-electron chi connectivity index (χ4n) is 1.99. The predicted octanol–water partition coefficient (Wildman–Crippen LogP) is 4.32. The van der Waals surface area contributed by atoms with Crippen LogP contribution >= 0.6 is 31.9 Å². The summed E-state index contributed by atoms with van der Waals surface area (Å²) in [6, 6.07) is 16.7. The van der Waals surface area contributed by atoms with Crippen molar-refractivity contribution in [2.75, 3.05) is 0 Å². The maximum atomic E-state index is 6.22. The molecule has 94 valence electrons. The average molecular weight is 369 g/mol. The number of benzene rings is 2. The highest BCUT2D eigenvalue weighted by molar-refractivity contribution is 9.10. The van der Waals surface area contributed by atoms with Gasteiger partial charge in [-0.1, -0.05) is 62.2 Å². The van der Waals surface area contributed by atoms with E-state index in [-0.39, 0.29) is 6.04 Å². The van der Waals surface area contributed by atoms with Gasteiger partial charge in [-0.3, -0.25) is 0 Å². The lowest BCUT2D eigenvalue weighted by Crippen LogP contribution is -2.25. The van der Waals surface area contributed by atoms with Gasteiger partial charge in [0.15, 0.2) is 0 Å². The highest BCUT2D eigenvalue weighted by atomic mass is 79.9. The van der Waals surface area contributed by atoms with Crippen LogP contribution < -0.4 is 5.73 Å². The third-order valence-electron chi connectivity index (χ3n) is 2.83. The number of rotatable bonds is 4. The van der Waals surface area contributed by atoms with Crippen LogP contribution in [0.4, 0.5) is 0 Å². The van der Waals surface area contributed by atoms with Crippen molar-refractivity contribution in [1.82, 2.24) is 0 Å². The normalized spacial score (nSPS) is 12.4. The van der Waals surface area contributed by atoms with Crippen LogP contribution in [0.15, 0.2) is 57.5 Å². The minimum Gasteiger partial charge on any atom is -0.327 e. The molecular weight excluding hydrogens is 354 g/mol. The minimum atomic E-state index is 0.137. The lowest BCUT2D eigenvalue weighted by atomic mass is 10.00. The van der Waals surface area contributed by atoms with E-state index in [4.69, 9.17) is 5.73 Å². The molecule has 0 saturated carbocycles. The summed E-state index contributed by atoms with van der Waals surface area (Å²) in [5, 5.41) is 0. The van der Waals surface area contributed by atoms with Gasteiger partial charge in [-0.25, -0.2) is 0 Å². The Morgan fingerprint density at radius 2 is 1.72 bits per heavy atom. The average Bonchev–Trinajstić information content (AvgIpc) is 2.32. The quantitative estimate of drug-likeness (QED) is 0.854. The van der Waals surface area contributed by atoms with E-state index in [1.807, 2.05) is 24.3 Å². The molecule has 3 heteroatoms. The van der Waals surface area contributed by atoms with Gasteiger partial charge in [0.25, 0.3) is 0 Å².